The van der Waals surface area contributed by atoms with Gasteiger partial charge in [0.2, 0.25) is 11.3 Å². The van der Waals surface area contributed by atoms with Gasteiger partial charge in [-0.1, -0.05) is 0 Å². The van der Waals surface area contributed by atoms with Crippen LogP contribution in [0.15, 0.2) is 0 Å². The fraction of sp³-hybridized carbons (Fsp3) is 0.167. The van der Waals surface area contributed by atoms with E-state index in [1.54, 1.807) is 6.92 Å². The van der Waals surface area contributed by atoms with E-state index in [1.807, 2.05) is 0 Å². The molecule has 72 valence electrons. The third kappa shape index (κ3) is 1.13. The van der Waals surface area contributed by atoms with Gasteiger partial charge in [-0.05, 0) is 17.4 Å². The fourth-order valence-electron chi connectivity index (χ4n) is 1.15. The van der Waals surface area contributed by atoms with Crippen LogP contribution in [0.5, 0.6) is 0 Å². The summed E-state index contributed by atoms with van der Waals surface area (Å²) < 4.78 is 0. The van der Waals surface area contributed by atoms with Gasteiger partial charge in [-0.15, -0.1) is 30.6 Å². The van der Waals surface area contributed by atoms with Gasteiger partial charge < -0.3 is 0 Å². The average Bonchev–Trinajstić information content (AvgIpc) is 2.28. The van der Waals surface area contributed by atoms with Crippen LogP contribution in [0.2, 0.25) is 0 Å². The minimum atomic E-state index is 0.275. The van der Waals surface area contributed by atoms with Gasteiger partial charge in [0.25, 0.3) is 0 Å². The topological polar surface area (TPSA) is 116 Å². The number of rotatable bonds is 0. The van der Waals surface area contributed by atoms with Crippen LogP contribution < -0.4 is 0 Å². The molecule has 0 fully saturated rings. The molecule has 3 aromatic rings. The Labute approximate surface area is 82.0 Å². The summed E-state index contributed by atoms with van der Waals surface area (Å²) in [5.41, 5.74) is 1.47. The molecule has 0 unspecified atom stereocenters. The van der Waals surface area contributed by atoms with E-state index < -0.39 is 0 Å². The lowest BCUT2D eigenvalue weighted by molar-refractivity contribution is 0.783. The van der Waals surface area contributed by atoms with Crippen molar-refractivity contribution in [2.45, 2.75) is 6.92 Å². The second kappa shape index (κ2) is 2.77. The van der Waals surface area contributed by atoms with Gasteiger partial charge in [0.1, 0.15) is 5.82 Å². The quantitative estimate of drug-likeness (QED) is 0.415. The smallest absolute Gasteiger partial charge is 0.208 e. The Bertz CT molecular complexity index is 650. The van der Waals surface area contributed by atoms with Crippen molar-refractivity contribution in [3.05, 3.63) is 5.82 Å². The first-order chi connectivity index (χ1) is 7.34. The van der Waals surface area contributed by atoms with Crippen LogP contribution >= 0.6 is 0 Å². The summed E-state index contributed by atoms with van der Waals surface area (Å²) >= 11 is 0. The molecule has 3 rings (SSSR count). The Hall–Kier alpha value is -2.45. The van der Waals surface area contributed by atoms with Gasteiger partial charge in [0, 0.05) is 0 Å². The Balaban J connectivity index is 2.55. The van der Waals surface area contributed by atoms with E-state index in [0.29, 0.717) is 22.5 Å². The Morgan fingerprint density at radius 1 is 0.667 bits per heavy atom. The predicted molar refractivity (Wildman–Crippen MR) is 46.3 cm³/mol. The van der Waals surface area contributed by atoms with Gasteiger partial charge in [0.05, 0.1) is 0 Å². The van der Waals surface area contributed by atoms with Crippen molar-refractivity contribution < 1.29 is 0 Å². The number of hydrogen-bond acceptors (Lipinski definition) is 9. The molecule has 0 aliphatic rings. The molecule has 0 amide bonds. The molecule has 0 aromatic carbocycles. The van der Waals surface area contributed by atoms with Crippen LogP contribution in [0.4, 0.5) is 0 Å². The van der Waals surface area contributed by atoms with Crippen molar-refractivity contribution in [3.63, 3.8) is 0 Å². The van der Waals surface area contributed by atoms with Crippen molar-refractivity contribution in [2.75, 3.05) is 0 Å². The second-order valence-electron chi connectivity index (χ2n) is 2.78. The summed E-state index contributed by atoms with van der Waals surface area (Å²) in [6.07, 6.45) is 0. The highest BCUT2D eigenvalue weighted by Crippen LogP contribution is 2.11. The third-order valence-electron chi connectivity index (χ3n) is 1.77. The van der Waals surface area contributed by atoms with Crippen molar-refractivity contribution in [2.24, 2.45) is 0 Å². The van der Waals surface area contributed by atoms with Crippen molar-refractivity contribution in [3.8, 4) is 0 Å². The summed E-state index contributed by atoms with van der Waals surface area (Å²) in [6, 6.07) is 0. The van der Waals surface area contributed by atoms with Gasteiger partial charge >= 0.3 is 0 Å². The maximum absolute atomic E-state index is 4.06. The Morgan fingerprint density at radius 3 is 2.33 bits per heavy atom. The van der Waals surface area contributed by atoms with Crippen LogP contribution in [0.25, 0.3) is 22.3 Å². The molecule has 15 heavy (non-hydrogen) atoms. The first-order valence-electron chi connectivity index (χ1n) is 4.04. The van der Waals surface area contributed by atoms with Crippen LogP contribution in [0.1, 0.15) is 5.82 Å². The largest absolute Gasteiger partial charge is 0.228 e. The number of aromatic nitrogens is 9. The van der Waals surface area contributed by atoms with Crippen LogP contribution in [-0.2, 0) is 0 Å². The second-order valence-corrected chi connectivity index (χ2v) is 2.78. The standard InChI is InChI=1S/C6H3N9/c1-2-7-5-3(9-8-2)4-6(12-11-5)13-15-14-10-4/h1H3. The lowest BCUT2D eigenvalue weighted by atomic mass is 10.4. The van der Waals surface area contributed by atoms with E-state index in [2.05, 4.69) is 46.0 Å². The van der Waals surface area contributed by atoms with Crippen LogP contribution in [-0.4, -0.2) is 46.0 Å². The molecule has 0 aliphatic carbocycles. The summed E-state index contributed by atoms with van der Waals surface area (Å²) in [7, 11) is 0. The Kier molecular flexibility index (Phi) is 1.46. The molecule has 0 spiro atoms. The lowest BCUT2D eigenvalue weighted by Crippen LogP contribution is -2.02. The van der Waals surface area contributed by atoms with Gasteiger partial charge in [-0.2, -0.15) is 0 Å². The Morgan fingerprint density at radius 2 is 1.40 bits per heavy atom. The normalized spacial score (nSPS) is 11.0. The minimum Gasteiger partial charge on any atom is -0.208 e. The molecule has 0 bridgehead atoms. The van der Waals surface area contributed by atoms with Crippen molar-refractivity contribution >= 4 is 22.3 Å². The number of nitrogens with zero attached hydrogens (tertiary/aromatic N) is 9. The highest BCUT2D eigenvalue weighted by Gasteiger charge is 2.09. The van der Waals surface area contributed by atoms with Gasteiger partial charge in [0.15, 0.2) is 11.0 Å². The molecule has 0 saturated carbocycles. The highest BCUT2D eigenvalue weighted by molar-refractivity contribution is 5.93. The summed E-state index contributed by atoms with van der Waals surface area (Å²) in [5, 5.41) is 29.6. The zero-order chi connectivity index (χ0) is 10.3. The number of fused-ring (bicyclic) bond motifs is 3. The highest BCUT2D eigenvalue weighted by atomic mass is 15.4. The third-order valence-corrected chi connectivity index (χ3v) is 1.77. The molecular formula is C6H3N9. The SMILES string of the molecule is Cc1nnc2c(nnc3nnnnc32)n1. The van der Waals surface area contributed by atoms with E-state index in [1.165, 1.54) is 0 Å². The number of aryl methyl sites for hydroxylation is 1. The fourth-order valence-corrected chi connectivity index (χ4v) is 1.15. The van der Waals surface area contributed by atoms with Crippen LogP contribution in [0.3, 0.4) is 0 Å². The van der Waals surface area contributed by atoms with Crippen molar-refractivity contribution in [1.82, 2.24) is 46.0 Å². The zero-order valence-corrected chi connectivity index (χ0v) is 7.52. The molecule has 0 N–H and O–H groups in total. The zero-order valence-electron chi connectivity index (χ0n) is 7.52. The number of hydrogen-bond donors (Lipinski definition) is 0. The van der Waals surface area contributed by atoms with Crippen molar-refractivity contribution in [1.29, 1.82) is 0 Å². The molecule has 0 saturated heterocycles. The van der Waals surface area contributed by atoms with E-state index >= 15 is 0 Å². The molecule has 0 aliphatic heterocycles. The molecular weight excluding hydrogens is 198 g/mol. The molecule has 9 nitrogen and oxygen atoms in total. The van der Waals surface area contributed by atoms with Crippen LogP contribution in [0, 0.1) is 6.92 Å². The van der Waals surface area contributed by atoms with Gasteiger partial charge in [-0.3, -0.25) is 0 Å². The van der Waals surface area contributed by atoms with E-state index in [4.69, 9.17) is 0 Å². The first-order valence-corrected chi connectivity index (χ1v) is 4.04. The van der Waals surface area contributed by atoms with Gasteiger partial charge in [-0.25, -0.2) is 4.98 Å². The summed E-state index contributed by atoms with van der Waals surface area (Å²) in [6.45, 7) is 1.72. The molecule has 9 heteroatoms. The molecule has 3 aromatic heterocycles. The summed E-state index contributed by atoms with van der Waals surface area (Å²) in [4.78, 5) is 4.06. The van der Waals surface area contributed by atoms with E-state index in [-0.39, 0.29) is 5.65 Å². The molecule has 0 atom stereocenters. The molecule has 3 heterocycles. The maximum Gasteiger partial charge on any atom is 0.228 e. The average molecular weight is 201 g/mol. The predicted octanol–water partition coefficient (Wildman–Crippen LogP) is -1.14. The minimum absolute atomic E-state index is 0.275. The lowest BCUT2D eigenvalue weighted by Gasteiger charge is -1.96. The molecule has 0 radical (unpaired) electrons. The summed E-state index contributed by atoms with van der Waals surface area (Å²) in [5.74, 6) is 0.520. The van der Waals surface area contributed by atoms with E-state index in [0.717, 1.165) is 0 Å². The maximum atomic E-state index is 4.06. The van der Waals surface area contributed by atoms with E-state index in [9.17, 15) is 0 Å². The first kappa shape index (κ1) is 7.91. The monoisotopic (exact) mass is 201 g/mol.